The Morgan fingerprint density at radius 2 is 2.21 bits per heavy atom. The van der Waals surface area contributed by atoms with Crippen molar-refractivity contribution in [3.05, 3.63) is 34.4 Å². The summed E-state index contributed by atoms with van der Waals surface area (Å²) in [6.45, 7) is 3.63. The number of rotatable bonds is 2. The predicted molar refractivity (Wildman–Crippen MR) is 52.2 cm³/mol. The van der Waals surface area contributed by atoms with Gasteiger partial charge in [0.05, 0.1) is 17.2 Å². The lowest BCUT2D eigenvalue weighted by Gasteiger charge is -2.06. The van der Waals surface area contributed by atoms with E-state index in [1.807, 2.05) is 13.0 Å². The van der Waals surface area contributed by atoms with Crippen molar-refractivity contribution in [2.24, 2.45) is 0 Å². The zero-order valence-corrected chi connectivity index (χ0v) is 8.16. The second-order valence-corrected chi connectivity index (χ2v) is 3.11. The largest absolute Gasteiger partial charge is 0.478 e. The highest BCUT2D eigenvalue weighted by molar-refractivity contribution is 5.90. The first kappa shape index (κ1) is 10.3. The van der Waals surface area contributed by atoms with Crippen molar-refractivity contribution >= 4 is 5.97 Å². The molecule has 0 aromatic heterocycles. The molecular formula is C11H11NO2. The van der Waals surface area contributed by atoms with Crippen molar-refractivity contribution in [2.45, 2.75) is 20.3 Å². The molecule has 0 aliphatic rings. The van der Waals surface area contributed by atoms with Gasteiger partial charge in [-0.1, -0.05) is 6.92 Å². The van der Waals surface area contributed by atoms with E-state index in [1.54, 1.807) is 19.1 Å². The minimum Gasteiger partial charge on any atom is -0.478 e. The van der Waals surface area contributed by atoms with Crippen LogP contribution in [0.25, 0.3) is 0 Å². The normalized spacial score (nSPS) is 9.50. The topological polar surface area (TPSA) is 61.1 Å². The van der Waals surface area contributed by atoms with Crippen LogP contribution in [0.1, 0.15) is 34.0 Å². The van der Waals surface area contributed by atoms with E-state index in [0.717, 1.165) is 5.56 Å². The average Bonchev–Trinajstić information content (AvgIpc) is 2.16. The number of nitriles is 1. The molecule has 0 heterocycles. The molecule has 14 heavy (non-hydrogen) atoms. The maximum absolute atomic E-state index is 10.9. The first-order valence-corrected chi connectivity index (χ1v) is 4.37. The standard InChI is InChI=1S/C11H11NO2/c1-3-9-8(6-12)4-7(2)5-10(9)11(13)14/h4-5H,3H2,1-2H3,(H,13,14). The summed E-state index contributed by atoms with van der Waals surface area (Å²) in [6.07, 6.45) is 0.560. The average molecular weight is 189 g/mol. The molecule has 1 rings (SSSR count). The van der Waals surface area contributed by atoms with Gasteiger partial charge < -0.3 is 5.11 Å². The third-order valence-electron chi connectivity index (χ3n) is 2.10. The van der Waals surface area contributed by atoms with Gasteiger partial charge in [0.1, 0.15) is 0 Å². The quantitative estimate of drug-likeness (QED) is 0.775. The Labute approximate surface area is 82.6 Å². The number of carboxylic acid groups (broad SMARTS) is 1. The predicted octanol–water partition coefficient (Wildman–Crippen LogP) is 2.13. The van der Waals surface area contributed by atoms with Crippen molar-refractivity contribution in [2.75, 3.05) is 0 Å². The Morgan fingerprint density at radius 1 is 1.57 bits per heavy atom. The highest BCUT2D eigenvalue weighted by Crippen LogP contribution is 2.17. The molecule has 1 N–H and O–H groups in total. The summed E-state index contributed by atoms with van der Waals surface area (Å²) in [5.41, 5.74) is 2.12. The molecule has 72 valence electrons. The molecule has 3 heteroatoms. The van der Waals surface area contributed by atoms with Crippen LogP contribution in [-0.4, -0.2) is 11.1 Å². The van der Waals surface area contributed by atoms with Crippen LogP contribution in [0.4, 0.5) is 0 Å². The van der Waals surface area contributed by atoms with E-state index in [9.17, 15) is 4.79 Å². The molecule has 1 aromatic rings. The molecule has 0 unspecified atom stereocenters. The number of hydrogen-bond donors (Lipinski definition) is 1. The van der Waals surface area contributed by atoms with Gasteiger partial charge in [-0.15, -0.1) is 0 Å². The van der Waals surface area contributed by atoms with Crippen LogP contribution in [-0.2, 0) is 6.42 Å². The Hall–Kier alpha value is -1.82. The minimum atomic E-state index is -0.970. The van der Waals surface area contributed by atoms with Crippen LogP contribution in [0.3, 0.4) is 0 Å². The minimum absolute atomic E-state index is 0.240. The summed E-state index contributed by atoms with van der Waals surface area (Å²) in [4.78, 5) is 10.9. The van der Waals surface area contributed by atoms with Gasteiger partial charge in [-0.05, 0) is 36.6 Å². The second-order valence-electron chi connectivity index (χ2n) is 3.11. The number of aromatic carboxylic acids is 1. The van der Waals surface area contributed by atoms with Crippen LogP contribution in [0, 0.1) is 18.3 Å². The first-order valence-electron chi connectivity index (χ1n) is 4.37. The van der Waals surface area contributed by atoms with Gasteiger partial charge >= 0.3 is 5.97 Å². The van der Waals surface area contributed by atoms with E-state index < -0.39 is 5.97 Å². The third kappa shape index (κ3) is 1.74. The SMILES string of the molecule is CCc1c(C#N)cc(C)cc1C(=O)O. The van der Waals surface area contributed by atoms with E-state index in [4.69, 9.17) is 10.4 Å². The molecule has 0 fully saturated rings. The Kier molecular flexibility index (Phi) is 2.88. The smallest absolute Gasteiger partial charge is 0.336 e. The number of nitrogens with zero attached hydrogens (tertiary/aromatic N) is 1. The van der Waals surface area contributed by atoms with E-state index in [1.165, 1.54) is 0 Å². The third-order valence-corrected chi connectivity index (χ3v) is 2.10. The van der Waals surface area contributed by atoms with Crippen molar-refractivity contribution < 1.29 is 9.90 Å². The molecule has 0 aliphatic heterocycles. The summed E-state index contributed by atoms with van der Waals surface area (Å²) in [7, 11) is 0. The highest BCUT2D eigenvalue weighted by atomic mass is 16.4. The van der Waals surface area contributed by atoms with Crippen molar-refractivity contribution in [3.63, 3.8) is 0 Å². The van der Waals surface area contributed by atoms with E-state index in [2.05, 4.69) is 0 Å². The lowest BCUT2D eigenvalue weighted by atomic mass is 9.97. The fourth-order valence-electron chi connectivity index (χ4n) is 1.49. The van der Waals surface area contributed by atoms with Crippen molar-refractivity contribution in [3.8, 4) is 6.07 Å². The Morgan fingerprint density at radius 3 is 2.64 bits per heavy atom. The number of hydrogen-bond acceptors (Lipinski definition) is 2. The summed E-state index contributed by atoms with van der Waals surface area (Å²) in [6, 6.07) is 5.33. The van der Waals surface area contributed by atoms with Crippen LogP contribution in [0.2, 0.25) is 0 Å². The summed E-state index contributed by atoms with van der Waals surface area (Å²) < 4.78 is 0. The molecular weight excluding hydrogens is 178 g/mol. The lowest BCUT2D eigenvalue weighted by Crippen LogP contribution is -2.04. The molecule has 0 atom stereocenters. The summed E-state index contributed by atoms with van der Waals surface area (Å²) in [5, 5.41) is 17.8. The van der Waals surface area contributed by atoms with Gasteiger partial charge in [-0.3, -0.25) is 0 Å². The molecule has 0 spiro atoms. The fourth-order valence-corrected chi connectivity index (χ4v) is 1.49. The molecule has 0 saturated heterocycles. The molecule has 0 saturated carbocycles. The maximum Gasteiger partial charge on any atom is 0.336 e. The molecule has 3 nitrogen and oxygen atoms in total. The monoisotopic (exact) mass is 189 g/mol. The number of carboxylic acids is 1. The van der Waals surface area contributed by atoms with Crippen LogP contribution >= 0.6 is 0 Å². The van der Waals surface area contributed by atoms with Crippen LogP contribution in [0.15, 0.2) is 12.1 Å². The Bertz CT molecular complexity index is 416. The van der Waals surface area contributed by atoms with E-state index >= 15 is 0 Å². The van der Waals surface area contributed by atoms with Crippen LogP contribution in [0.5, 0.6) is 0 Å². The number of benzene rings is 1. The summed E-state index contributed by atoms with van der Waals surface area (Å²) in [5.74, 6) is -0.970. The van der Waals surface area contributed by atoms with Crippen LogP contribution < -0.4 is 0 Å². The zero-order chi connectivity index (χ0) is 10.7. The molecule has 1 aromatic carbocycles. The number of aryl methyl sites for hydroxylation is 1. The van der Waals surface area contributed by atoms with Gasteiger partial charge in [0.15, 0.2) is 0 Å². The van der Waals surface area contributed by atoms with Gasteiger partial charge in [-0.2, -0.15) is 5.26 Å². The molecule has 0 amide bonds. The molecule has 0 radical (unpaired) electrons. The fraction of sp³-hybridized carbons (Fsp3) is 0.273. The highest BCUT2D eigenvalue weighted by Gasteiger charge is 2.13. The lowest BCUT2D eigenvalue weighted by molar-refractivity contribution is 0.0695. The zero-order valence-electron chi connectivity index (χ0n) is 8.16. The van der Waals surface area contributed by atoms with E-state index in [0.29, 0.717) is 17.5 Å². The molecule has 0 bridgehead atoms. The van der Waals surface area contributed by atoms with Gasteiger partial charge in [0, 0.05) is 0 Å². The molecule has 0 aliphatic carbocycles. The maximum atomic E-state index is 10.9. The Balaban J connectivity index is 3.49. The summed E-state index contributed by atoms with van der Waals surface area (Å²) >= 11 is 0. The van der Waals surface area contributed by atoms with Gasteiger partial charge in [0.25, 0.3) is 0 Å². The van der Waals surface area contributed by atoms with Gasteiger partial charge in [-0.25, -0.2) is 4.79 Å². The first-order chi connectivity index (χ1) is 6.60. The van der Waals surface area contributed by atoms with Gasteiger partial charge in [0.2, 0.25) is 0 Å². The van der Waals surface area contributed by atoms with Crippen molar-refractivity contribution in [1.29, 1.82) is 5.26 Å². The number of carbonyl (C=O) groups is 1. The second kappa shape index (κ2) is 3.93. The van der Waals surface area contributed by atoms with Crippen molar-refractivity contribution in [1.82, 2.24) is 0 Å². The van der Waals surface area contributed by atoms with E-state index in [-0.39, 0.29) is 5.56 Å².